The Kier molecular flexibility index (Phi) is 4.16. The number of carbonyl (C=O) groups excluding carboxylic acids is 2. The lowest BCUT2D eigenvalue weighted by Crippen LogP contribution is -2.28. The first-order valence-electron chi connectivity index (χ1n) is 8.09. The Morgan fingerprint density at radius 2 is 1.88 bits per heavy atom. The highest BCUT2D eigenvalue weighted by atomic mass is 16.2. The molecule has 0 aliphatic carbocycles. The second-order valence-electron chi connectivity index (χ2n) is 7.11. The predicted octanol–water partition coefficient (Wildman–Crippen LogP) is 3.01. The van der Waals surface area contributed by atoms with Gasteiger partial charge < -0.3 is 16.0 Å². The van der Waals surface area contributed by atoms with E-state index in [0.717, 1.165) is 11.3 Å². The standard InChI is InChI=1S/C18H21N5O2/c1-10-13-7-11(5-6-12(13)16(24)21-10)22-14-8-15(20-9-19-14)23-17(25)18(2,3)4/h5-10H,1-4H3,(H,21,24)(H2,19,20,22,23,25). The van der Waals surface area contributed by atoms with E-state index in [1.807, 2.05) is 39.8 Å². The highest BCUT2D eigenvalue weighted by Gasteiger charge is 2.25. The molecule has 0 radical (unpaired) electrons. The number of nitrogens with one attached hydrogen (secondary N) is 3. The number of hydrogen-bond acceptors (Lipinski definition) is 5. The van der Waals surface area contributed by atoms with Crippen molar-refractivity contribution in [3.05, 3.63) is 41.7 Å². The van der Waals surface area contributed by atoms with Crippen molar-refractivity contribution in [1.82, 2.24) is 15.3 Å². The minimum absolute atomic E-state index is 0.0173. The predicted molar refractivity (Wildman–Crippen MR) is 95.7 cm³/mol. The van der Waals surface area contributed by atoms with Crippen LogP contribution in [0.1, 0.15) is 49.7 Å². The minimum Gasteiger partial charge on any atom is -0.345 e. The highest BCUT2D eigenvalue weighted by molar-refractivity contribution is 5.99. The normalized spacial score (nSPS) is 16.2. The van der Waals surface area contributed by atoms with Gasteiger partial charge in [0.1, 0.15) is 18.0 Å². The van der Waals surface area contributed by atoms with Crippen molar-refractivity contribution in [2.24, 2.45) is 5.41 Å². The second kappa shape index (κ2) is 6.16. The Morgan fingerprint density at radius 1 is 1.16 bits per heavy atom. The molecule has 0 bridgehead atoms. The average Bonchev–Trinajstić information content (AvgIpc) is 2.81. The number of nitrogens with zero attached hydrogens (tertiary/aromatic N) is 2. The van der Waals surface area contributed by atoms with Crippen LogP contribution in [0.3, 0.4) is 0 Å². The smallest absolute Gasteiger partial charge is 0.252 e. The number of rotatable bonds is 3. The van der Waals surface area contributed by atoms with Crippen LogP contribution in [0.5, 0.6) is 0 Å². The number of anilines is 3. The van der Waals surface area contributed by atoms with Crippen molar-refractivity contribution in [2.45, 2.75) is 33.7 Å². The Balaban J connectivity index is 1.78. The fourth-order valence-electron chi connectivity index (χ4n) is 2.50. The van der Waals surface area contributed by atoms with Gasteiger partial charge in [-0.25, -0.2) is 9.97 Å². The summed E-state index contributed by atoms with van der Waals surface area (Å²) in [5.41, 5.74) is 1.95. The molecule has 1 aliphatic heterocycles. The number of benzene rings is 1. The van der Waals surface area contributed by atoms with Crippen LogP contribution in [0.4, 0.5) is 17.3 Å². The Morgan fingerprint density at radius 3 is 2.60 bits per heavy atom. The zero-order valence-corrected chi connectivity index (χ0v) is 14.7. The Labute approximate surface area is 146 Å². The number of amides is 2. The summed E-state index contributed by atoms with van der Waals surface area (Å²) in [5, 5.41) is 8.84. The maximum absolute atomic E-state index is 12.1. The molecule has 1 aromatic carbocycles. The van der Waals surface area contributed by atoms with Gasteiger partial charge >= 0.3 is 0 Å². The summed E-state index contributed by atoms with van der Waals surface area (Å²) in [6.45, 7) is 7.45. The van der Waals surface area contributed by atoms with E-state index in [1.165, 1.54) is 6.33 Å². The lowest BCUT2D eigenvalue weighted by atomic mass is 9.96. The molecule has 1 aliphatic rings. The molecule has 0 fully saturated rings. The van der Waals surface area contributed by atoms with Crippen LogP contribution in [-0.4, -0.2) is 21.8 Å². The van der Waals surface area contributed by atoms with Gasteiger partial charge in [-0.05, 0) is 30.7 Å². The summed E-state index contributed by atoms with van der Waals surface area (Å²) in [7, 11) is 0. The number of fused-ring (bicyclic) bond motifs is 1. The SMILES string of the molecule is CC1NC(=O)c2ccc(Nc3cc(NC(=O)C(C)(C)C)ncn3)cc21. The van der Waals surface area contributed by atoms with Gasteiger partial charge in [-0.15, -0.1) is 0 Å². The minimum atomic E-state index is -0.506. The van der Waals surface area contributed by atoms with Gasteiger partial charge in [-0.2, -0.15) is 0 Å². The van der Waals surface area contributed by atoms with Crippen LogP contribution in [0.25, 0.3) is 0 Å². The summed E-state index contributed by atoms with van der Waals surface area (Å²) in [5.74, 6) is 0.823. The summed E-state index contributed by atoms with van der Waals surface area (Å²) >= 11 is 0. The molecule has 2 amide bonds. The first-order chi connectivity index (χ1) is 11.7. The van der Waals surface area contributed by atoms with Crippen molar-refractivity contribution >= 4 is 29.1 Å². The molecule has 7 heteroatoms. The van der Waals surface area contributed by atoms with Gasteiger partial charge in [0, 0.05) is 22.7 Å². The van der Waals surface area contributed by atoms with Gasteiger partial charge in [-0.1, -0.05) is 20.8 Å². The topological polar surface area (TPSA) is 96.0 Å². The zero-order valence-electron chi connectivity index (χ0n) is 14.7. The lowest BCUT2D eigenvalue weighted by molar-refractivity contribution is -0.123. The molecule has 3 N–H and O–H groups in total. The van der Waals surface area contributed by atoms with E-state index in [-0.39, 0.29) is 17.9 Å². The van der Waals surface area contributed by atoms with Crippen LogP contribution >= 0.6 is 0 Å². The van der Waals surface area contributed by atoms with Crippen LogP contribution in [0.2, 0.25) is 0 Å². The number of carbonyl (C=O) groups is 2. The van der Waals surface area contributed by atoms with E-state index >= 15 is 0 Å². The molecule has 2 heterocycles. The molecule has 0 spiro atoms. The summed E-state index contributed by atoms with van der Waals surface area (Å²) in [6, 6.07) is 7.19. The third-order valence-corrected chi connectivity index (χ3v) is 3.97. The average molecular weight is 339 g/mol. The lowest BCUT2D eigenvalue weighted by Gasteiger charge is -2.17. The van der Waals surface area contributed by atoms with E-state index in [9.17, 15) is 9.59 Å². The monoisotopic (exact) mass is 339 g/mol. The van der Waals surface area contributed by atoms with E-state index in [1.54, 1.807) is 12.1 Å². The molecule has 7 nitrogen and oxygen atoms in total. The quantitative estimate of drug-likeness (QED) is 0.799. The third-order valence-electron chi connectivity index (χ3n) is 3.97. The molecule has 2 aromatic rings. The first-order valence-corrected chi connectivity index (χ1v) is 8.09. The summed E-state index contributed by atoms with van der Waals surface area (Å²) < 4.78 is 0. The molecule has 1 atom stereocenters. The molecule has 130 valence electrons. The molecule has 0 saturated heterocycles. The summed E-state index contributed by atoms with van der Waals surface area (Å²) in [6.07, 6.45) is 1.39. The maximum Gasteiger partial charge on any atom is 0.252 e. The number of aromatic nitrogens is 2. The molecular weight excluding hydrogens is 318 g/mol. The molecule has 25 heavy (non-hydrogen) atoms. The Hall–Kier alpha value is -2.96. The molecular formula is C18H21N5O2. The van der Waals surface area contributed by atoms with Gasteiger partial charge in [0.15, 0.2) is 0 Å². The van der Waals surface area contributed by atoms with Crippen LogP contribution in [-0.2, 0) is 4.79 Å². The fourth-order valence-corrected chi connectivity index (χ4v) is 2.50. The van der Waals surface area contributed by atoms with E-state index < -0.39 is 5.41 Å². The number of hydrogen-bond donors (Lipinski definition) is 3. The first kappa shape index (κ1) is 16.9. The fraction of sp³-hybridized carbons (Fsp3) is 0.333. The van der Waals surface area contributed by atoms with Gasteiger partial charge in [-0.3, -0.25) is 9.59 Å². The van der Waals surface area contributed by atoms with Crippen LogP contribution in [0, 0.1) is 5.41 Å². The van der Waals surface area contributed by atoms with Crippen molar-refractivity contribution in [3.8, 4) is 0 Å². The van der Waals surface area contributed by atoms with E-state index in [0.29, 0.717) is 17.2 Å². The van der Waals surface area contributed by atoms with Crippen LogP contribution < -0.4 is 16.0 Å². The molecule has 0 saturated carbocycles. The molecule has 3 rings (SSSR count). The second-order valence-corrected chi connectivity index (χ2v) is 7.11. The molecule has 1 unspecified atom stereocenters. The van der Waals surface area contributed by atoms with Gasteiger partial charge in [0.05, 0.1) is 6.04 Å². The van der Waals surface area contributed by atoms with E-state index in [4.69, 9.17) is 0 Å². The highest BCUT2D eigenvalue weighted by Crippen LogP contribution is 2.29. The largest absolute Gasteiger partial charge is 0.345 e. The molecule has 1 aromatic heterocycles. The van der Waals surface area contributed by atoms with Gasteiger partial charge in [0.2, 0.25) is 5.91 Å². The van der Waals surface area contributed by atoms with Gasteiger partial charge in [0.25, 0.3) is 5.91 Å². The van der Waals surface area contributed by atoms with Crippen LogP contribution in [0.15, 0.2) is 30.6 Å². The van der Waals surface area contributed by atoms with Crippen molar-refractivity contribution in [3.63, 3.8) is 0 Å². The van der Waals surface area contributed by atoms with Crippen molar-refractivity contribution in [1.29, 1.82) is 0 Å². The maximum atomic E-state index is 12.1. The summed E-state index contributed by atoms with van der Waals surface area (Å²) in [4.78, 5) is 32.1. The zero-order chi connectivity index (χ0) is 18.2. The van der Waals surface area contributed by atoms with E-state index in [2.05, 4.69) is 25.9 Å². The Bertz CT molecular complexity index is 842. The van der Waals surface area contributed by atoms with Crippen molar-refractivity contribution < 1.29 is 9.59 Å². The third kappa shape index (κ3) is 3.60. The van der Waals surface area contributed by atoms with Crippen molar-refractivity contribution in [2.75, 3.05) is 10.6 Å².